The highest BCUT2D eigenvalue weighted by molar-refractivity contribution is 7.99. The quantitative estimate of drug-likeness (QED) is 0.874. The Morgan fingerprint density at radius 1 is 1.17 bits per heavy atom. The number of hydrogen-bond donors (Lipinski definition) is 1. The van der Waals surface area contributed by atoms with Gasteiger partial charge < -0.3 is 5.11 Å². The van der Waals surface area contributed by atoms with E-state index in [2.05, 4.69) is 18.2 Å². The van der Waals surface area contributed by atoms with Crippen LogP contribution in [-0.4, -0.2) is 17.0 Å². The van der Waals surface area contributed by atoms with Crippen molar-refractivity contribution in [2.45, 2.75) is 55.9 Å². The van der Waals surface area contributed by atoms with E-state index in [1.807, 2.05) is 11.8 Å². The van der Waals surface area contributed by atoms with E-state index in [-0.39, 0.29) is 6.10 Å². The number of rotatable bonds is 2. The van der Waals surface area contributed by atoms with Crippen LogP contribution in [0.2, 0.25) is 0 Å². The summed E-state index contributed by atoms with van der Waals surface area (Å²) in [6.07, 6.45) is 8.19. The number of aryl methyl sites for hydroxylation is 1. The molecule has 0 amide bonds. The first-order valence-electron chi connectivity index (χ1n) is 7.24. The van der Waals surface area contributed by atoms with Crippen molar-refractivity contribution in [3.63, 3.8) is 0 Å². The first-order valence-corrected chi connectivity index (χ1v) is 8.22. The van der Waals surface area contributed by atoms with E-state index in [0.29, 0.717) is 0 Å². The smallest absolute Gasteiger partial charge is 0.0540 e. The molecular weight excluding hydrogens is 240 g/mol. The second kappa shape index (κ2) is 5.66. The molecule has 2 heteroatoms. The zero-order chi connectivity index (χ0) is 12.4. The minimum atomic E-state index is -0.0267. The Bertz CT molecular complexity index is 408. The van der Waals surface area contributed by atoms with Crippen LogP contribution in [0.4, 0.5) is 0 Å². The Kier molecular flexibility index (Phi) is 3.95. The lowest BCUT2D eigenvalue weighted by atomic mass is 9.83. The molecule has 1 aromatic rings. The van der Waals surface area contributed by atoms with Gasteiger partial charge in [-0.3, -0.25) is 0 Å². The maximum Gasteiger partial charge on any atom is 0.0540 e. The molecule has 1 fully saturated rings. The number of hydrogen-bond acceptors (Lipinski definition) is 2. The second-order valence-electron chi connectivity index (χ2n) is 5.77. The van der Waals surface area contributed by atoms with Gasteiger partial charge in [-0.2, -0.15) is 0 Å². The molecule has 0 radical (unpaired) electrons. The van der Waals surface area contributed by atoms with Crippen LogP contribution in [0.25, 0.3) is 0 Å². The predicted octanol–water partition coefficient (Wildman–Crippen LogP) is 3.82. The molecule has 98 valence electrons. The average Bonchev–Trinajstić information content (AvgIpc) is 2.41. The van der Waals surface area contributed by atoms with Crippen molar-refractivity contribution in [3.05, 3.63) is 29.3 Å². The maximum absolute atomic E-state index is 9.55. The van der Waals surface area contributed by atoms with Gasteiger partial charge in [-0.1, -0.05) is 12.1 Å². The molecule has 1 aliphatic carbocycles. The van der Waals surface area contributed by atoms with Crippen molar-refractivity contribution < 1.29 is 5.11 Å². The Hall–Kier alpha value is -0.470. The van der Waals surface area contributed by atoms with Crippen LogP contribution in [0.15, 0.2) is 23.1 Å². The molecule has 1 aliphatic heterocycles. The van der Waals surface area contributed by atoms with Gasteiger partial charge in [-0.05, 0) is 73.8 Å². The third kappa shape index (κ3) is 2.92. The molecule has 0 saturated heterocycles. The largest absolute Gasteiger partial charge is 0.393 e. The first-order chi connectivity index (χ1) is 8.81. The van der Waals surface area contributed by atoms with Gasteiger partial charge in [-0.25, -0.2) is 0 Å². The van der Waals surface area contributed by atoms with Crippen LogP contribution < -0.4 is 0 Å². The molecule has 3 rings (SSSR count). The molecule has 0 spiro atoms. The highest BCUT2D eigenvalue weighted by Gasteiger charge is 2.20. The molecule has 0 aromatic heterocycles. The zero-order valence-electron chi connectivity index (χ0n) is 10.9. The highest BCUT2D eigenvalue weighted by Crippen LogP contribution is 2.32. The van der Waals surface area contributed by atoms with Crippen molar-refractivity contribution >= 4 is 11.8 Å². The van der Waals surface area contributed by atoms with E-state index in [0.717, 1.165) is 18.8 Å². The summed E-state index contributed by atoms with van der Waals surface area (Å²) < 4.78 is 0. The van der Waals surface area contributed by atoms with Crippen molar-refractivity contribution in [2.75, 3.05) is 5.75 Å². The number of benzene rings is 1. The molecule has 1 heterocycles. The van der Waals surface area contributed by atoms with Crippen LogP contribution in [0.3, 0.4) is 0 Å². The van der Waals surface area contributed by atoms with Crippen molar-refractivity contribution in [3.8, 4) is 0 Å². The van der Waals surface area contributed by atoms with Crippen LogP contribution in [0.1, 0.15) is 43.2 Å². The topological polar surface area (TPSA) is 20.2 Å². The maximum atomic E-state index is 9.55. The molecule has 18 heavy (non-hydrogen) atoms. The molecule has 1 saturated carbocycles. The van der Waals surface area contributed by atoms with E-state index < -0.39 is 0 Å². The fourth-order valence-corrected chi connectivity index (χ4v) is 4.24. The summed E-state index contributed by atoms with van der Waals surface area (Å²) in [6, 6.07) is 7.08. The minimum Gasteiger partial charge on any atom is -0.393 e. The van der Waals surface area contributed by atoms with Crippen LogP contribution >= 0.6 is 11.8 Å². The van der Waals surface area contributed by atoms with Gasteiger partial charge in [0.05, 0.1) is 6.10 Å². The van der Waals surface area contributed by atoms with Crippen molar-refractivity contribution in [2.24, 2.45) is 5.92 Å². The second-order valence-corrected chi connectivity index (χ2v) is 6.91. The Morgan fingerprint density at radius 2 is 2.00 bits per heavy atom. The summed E-state index contributed by atoms with van der Waals surface area (Å²) >= 11 is 2.01. The fourth-order valence-electron chi connectivity index (χ4n) is 3.22. The molecule has 1 nitrogen and oxygen atoms in total. The number of thioether (sulfide) groups is 1. The average molecular weight is 262 g/mol. The summed E-state index contributed by atoms with van der Waals surface area (Å²) in [5, 5.41) is 9.55. The Morgan fingerprint density at radius 3 is 2.83 bits per heavy atom. The number of aliphatic hydroxyl groups is 1. The van der Waals surface area contributed by atoms with Gasteiger partial charge in [0.1, 0.15) is 0 Å². The minimum absolute atomic E-state index is 0.0267. The lowest BCUT2D eigenvalue weighted by Gasteiger charge is -2.26. The van der Waals surface area contributed by atoms with Crippen LogP contribution in [-0.2, 0) is 12.8 Å². The van der Waals surface area contributed by atoms with E-state index >= 15 is 0 Å². The molecule has 0 atom stereocenters. The number of aliphatic hydroxyl groups excluding tert-OH is 1. The summed E-state index contributed by atoms with van der Waals surface area (Å²) in [4.78, 5) is 1.50. The standard InChI is InChI=1S/C16H22OS/c17-15-6-3-12(4-7-15)10-13-5-8-16-14(11-13)2-1-9-18-16/h5,8,11-12,15,17H,1-4,6-7,9-10H2. The Labute approximate surface area is 114 Å². The predicted molar refractivity (Wildman–Crippen MR) is 77.2 cm³/mol. The van der Waals surface area contributed by atoms with Gasteiger partial charge in [0.15, 0.2) is 0 Å². The van der Waals surface area contributed by atoms with Gasteiger partial charge >= 0.3 is 0 Å². The van der Waals surface area contributed by atoms with Gasteiger partial charge in [-0.15, -0.1) is 11.8 Å². The van der Waals surface area contributed by atoms with Crippen LogP contribution in [0, 0.1) is 5.92 Å². The van der Waals surface area contributed by atoms with Gasteiger partial charge in [0.25, 0.3) is 0 Å². The van der Waals surface area contributed by atoms with Crippen LogP contribution in [0.5, 0.6) is 0 Å². The third-order valence-corrected chi connectivity index (χ3v) is 5.52. The molecular formula is C16H22OS. The van der Waals surface area contributed by atoms with E-state index in [1.165, 1.54) is 48.3 Å². The van der Waals surface area contributed by atoms with Gasteiger partial charge in [0, 0.05) is 4.90 Å². The molecule has 1 aromatic carbocycles. The molecule has 1 N–H and O–H groups in total. The third-order valence-electron chi connectivity index (χ3n) is 4.31. The molecule has 0 bridgehead atoms. The fraction of sp³-hybridized carbons (Fsp3) is 0.625. The van der Waals surface area contributed by atoms with Crippen molar-refractivity contribution in [1.29, 1.82) is 0 Å². The Balaban J connectivity index is 1.66. The van der Waals surface area contributed by atoms with E-state index in [9.17, 15) is 5.11 Å². The lowest BCUT2D eigenvalue weighted by Crippen LogP contribution is -2.19. The lowest BCUT2D eigenvalue weighted by molar-refractivity contribution is 0.109. The van der Waals surface area contributed by atoms with E-state index in [4.69, 9.17) is 0 Å². The summed E-state index contributed by atoms with van der Waals surface area (Å²) in [7, 11) is 0. The summed E-state index contributed by atoms with van der Waals surface area (Å²) in [5.41, 5.74) is 3.08. The zero-order valence-corrected chi connectivity index (χ0v) is 11.7. The molecule has 0 unspecified atom stereocenters. The SMILES string of the molecule is OC1CCC(Cc2ccc3c(c2)CCCS3)CC1. The van der Waals surface area contributed by atoms with Gasteiger partial charge in [0.2, 0.25) is 0 Å². The molecule has 2 aliphatic rings. The first kappa shape index (κ1) is 12.6. The monoisotopic (exact) mass is 262 g/mol. The number of fused-ring (bicyclic) bond motifs is 1. The van der Waals surface area contributed by atoms with Crippen molar-refractivity contribution in [1.82, 2.24) is 0 Å². The normalized spacial score (nSPS) is 27.8. The van der Waals surface area contributed by atoms with E-state index in [1.54, 1.807) is 5.56 Å². The summed E-state index contributed by atoms with van der Waals surface area (Å²) in [5.74, 6) is 2.08. The summed E-state index contributed by atoms with van der Waals surface area (Å²) in [6.45, 7) is 0. The highest BCUT2D eigenvalue weighted by atomic mass is 32.2.